The second-order valence-electron chi connectivity index (χ2n) is 3.02. The number of hydrazone groups is 1. The first-order valence-corrected chi connectivity index (χ1v) is 4.67. The molecule has 0 saturated heterocycles. The lowest BCUT2D eigenvalue weighted by Gasteiger charge is -2.08. The second-order valence-corrected chi connectivity index (χ2v) is 3.02. The number of rotatable bonds is 4. The van der Waals surface area contributed by atoms with Gasteiger partial charge in [-0.1, -0.05) is 0 Å². The lowest BCUT2D eigenvalue weighted by Crippen LogP contribution is -2.02. The van der Waals surface area contributed by atoms with Crippen molar-refractivity contribution in [3.63, 3.8) is 0 Å². The summed E-state index contributed by atoms with van der Waals surface area (Å²) in [5.74, 6) is -0.760. The van der Waals surface area contributed by atoms with Crippen LogP contribution in [0.4, 0.5) is 5.69 Å². The predicted octanol–water partition coefficient (Wildman–Crippen LogP) is 1.21. The van der Waals surface area contributed by atoms with Gasteiger partial charge in [-0.15, -0.1) is 0 Å². The third kappa shape index (κ3) is 2.97. The van der Waals surface area contributed by atoms with Crippen molar-refractivity contribution in [2.45, 2.75) is 0 Å². The van der Waals surface area contributed by atoms with Gasteiger partial charge in [-0.3, -0.25) is 5.43 Å². The Morgan fingerprint density at radius 3 is 2.61 bits per heavy atom. The van der Waals surface area contributed by atoms with E-state index in [0.29, 0.717) is 5.75 Å². The molecule has 0 amide bonds. The van der Waals surface area contributed by atoms with Crippen molar-refractivity contribution < 1.29 is 14.6 Å². The summed E-state index contributed by atoms with van der Waals surface area (Å²) in [5.41, 5.74) is 2.32. The zero-order chi connectivity index (χ0) is 13.5. The van der Waals surface area contributed by atoms with Gasteiger partial charge in [-0.05, 0) is 18.2 Å². The Morgan fingerprint density at radius 2 is 2.11 bits per heavy atom. The predicted molar refractivity (Wildman–Crippen MR) is 62.2 cm³/mol. The van der Waals surface area contributed by atoms with Crippen molar-refractivity contribution in [3.8, 4) is 17.9 Å². The average molecular weight is 244 g/mol. The highest BCUT2D eigenvalue weighted by Gasteiger charge is 2.08. The number of aromatic carboxylic acids is 1. The van der Waals surface area contributed by atoms with Crippen molar-refractivity contribution in [1.29, 1.82) is 10.5 Å². The number of carbonyl (C=O) groups is 1. The fourth-order valence-electron chi connectivity index (χ4n) is 1.12. The smallest absolute Gasteiger partial charge is 0.335 e. The molecule has 7 nitrogen and oxygen atoms in total. The van der Waals surface area contributed by atoms with E-state index in [1.54, 1.807) is 12.1 Å². The quantitative estimate of drug-likeness (QED) is 0.606. The van der Waals surface area contributed by atoms with Gasteiger partial charge in [-0.2, -0.15) is 15.6 Å². The highest BCUT2D eigenvalue weighted by molar-refractivity contribution is 6.10. The molecule has 0 aromatic heterocycles. The number of ether oxygens (including phenoxy) is 1. The molecular weight excluding hydrogens is 236 g/mol. The molecular formula is C11H8N4O3. The van der Waals surface area contributed by atoms with E-state index in [1.807, 2.05) is 0 Å². The normalized spacial score (nSPS) is 8.61. The summed E-state index contributed by atoms with van der Waals surface area (Å²) in [5, 5.41) is 29.4. The van der Waals surface area contributed by atoms with Gasteiger partial charge in [0, 0.05) is 0 Å². The van der Waals surface area contributed by atoms with Gasteiger partial charge in [0.15, 0.2) is 0 Å². The van der Waals surface area contributed by atoms with Crippen LogP contribution in [0.25, 0.3) is 0 Å². The minimum Gasteiger partial charge on any atom is -0.495 e. The first kappa shape index (κ1) is 13.0. The molecule has 0 bridgehead atoms. The van der Waals surface area contributed by atoms with Gasteiger partial charge >= 0.3 is 5.97 Å². The van der Waals surface area contributed by atoms with E-state index in [4.69, 9.17) is 20.4 Å². The molecule has 90 valence electrons. The molecule has 0 atom stereocenters. The molecule has 7 heteroatoms. The molecule has 0 fully saturated rings. The molecule has 0 spiro atoms. The van der Waals surface area contributed by atoms with Crippen molar-refractivity contribution >= 4 is 17.4 Å². The van der Waals surface area contributed by atoms with E-state index >= 15 is 0 Å². The lowest BCUT2D eigenvalue weighted by atomic mass is 10.2. The average Bonchev–Trinajstić information content (AvgIpc) is 2.39. The van der Waals surface area contributed by atoms with Crippen LogP contribution in [0.5, 0.6) is 5.75 Å². The number of nitrogens with zero attached hydrogens (tertiary/aromatic N) is 3. The van der Waals surface area contributed by atoms with Crippen LogP contribution in [0.3, 0.4) is 0 Å². The summed E-state index contributed by atoms with van der Waals surface area (Å²) in [7, 11) is 1.40. The molecule has 0 aliphatic carbocycles. The van der Waals surface area contributed by atoms with Crippen LogP contribution in [-0.4, -0.2) is 23.9 Å². The number of anilines is 1. The summed E-state index contributed by atoms with van der Waals surface area (Å²) in [6.07, 6.45) is 0. The molecule has 0 aliphatic heterocycles. The lowest BCUT2D eigenvalue weighted by molar-refractivity contribution is 0.0697. The number of carboxylic acid groups (broad SMARTS) is 1. The number of hydrogen-bond donors (Lipinski definition) is 2. The minimum absolute atomic E-state index is 0.0314. The third-order valence-electron chi connectivity index (χ3n) is 1.95. The monoisotopic (exact) mass is 244 g/mol. The van der Waals surface area contributed by atoms with E-state index in [-0.39, 0.29) is 17.0 Å². The number of methoxy groups -OCH3 is 1. The Morgan fingerprint density at radius 1 is 1.44 bits per heavy atom. The molecule has 1 aromatic rings. The van der Waals surface area contributed by atoms with E-state index in [0.717, 1.165) is 0 Å². The van der Waals surface area contributed by atoms with E-state index < -0.39 is 5.97 Å². The van der Waals surface area contributed by atoms with Gasteiger partial charge in [0.1, 0.15) is 17.9 Å². The van der Waals surface area contributed by atoms with Gasteiger partial charge in [0.2, 0.25) is 5.71 Å². The van der Waals surface area contributed by atoms with Crippen molar-refractivity contribution in [2.75, 3.05) is 12.5 Å². The summed E-state index contributed by atoms with van der Waals surface area (Å²) in [4.78, 5) is 10.8. The van der Waals surface area contributed by atoms with Gasteiger partial charge < -0.3 is 9.84 Å². The first-order chi connectivity index (χ1) is 8.62. The fraction of sp³-hybridized carbons (Fsp3) is 0.0909. The second kappa shape index (κ2) is 5.87. The topological polar surface area (TPSA) is 118 Å². The fourth-order valence-corrected chi connectivity index (χ4v) is 1.12. The van der Waals surface area contributed by atoms with Crippen LogP contribution in [0.1, 0.15) is 10.4 Å². The van der Waals surface area contributed by atoms with Crippen LogP contribution in [0, 0.1) is 22.7 Å². The number of benzene rings is 1. The minimum atomic E-state index is -1.11. The van der Waals surface area contributed by atoms with E-state index in [9.17, 15) is 4.79 Å². The van der Waals surface area contributed by atoms with Crippen LogP contribution < -0.4 is 10.2 Å². The molecule has 0 radical (unpaired) electrons. The SMILES string of the molecule is COc1ccc(C(=O)O)cc1NN=C(C#N)C#N. The third-order valence-corrected chi connectivity index (χ3v) is 1.95. The van der Waals surface area contributed by atoms with Crippen LogP contribution in [0.15, 0.2) is 23.3 Å². The molecule has 0 unspecified atom stereocenters. The number of nitriles is 2. The van der Waals surface area contributed by atoms with Crippen LogP contribution in [0.2, 0.25) is 0 Å². The van der Waals surface area contributed by atoms with Crippen LogP contribution in [-0.2, 0) is 0 Å². The van der Waals surface area contributed by atoms with Crippen molar-refractivity contribution in [1.82, 2.24) is 0 Å². The zero-order valence-corrected chi connectivity index (χ0v) is 9.34. The van der Waals surface area contributed by atoms with Gasteiger partial charge in [0.25, 0.3) is 0 Å². The Bertz CT molecular complexity index is 565. The highest BCUT2D eigenvalue weighted by atomic mass is 16.5. The summed E-state index contributed by atoms with van der Waals surface area (Å²) in [6, 6.07) is 7.23. The summed E-state index contributed by atoms with van der Waals surface area (Å²) >= 11 is 0. The number of nitrogens with one attached hydrogen (secondary N) is 1. The Balaban J connectivity index is 3.11. The van der Waals surface area contributed by atoms with Crippen LogP contribution >= 0.6 is 0 Å². The van der Waals surface area contributed by atoms with E-state index in [2.05, 4.69) is 10.5 Å². The number of carboxylic acids is 1. The van der Waals surface area contributed by atoms with Crippen molar-refractivity contribution in [2.24, 2.45) is 5.10 Å². The molecule has 18 heavy (non-hydrogen) atoms. The first-order valence-electron chi connectivity index (χ1n) is 4.67. The maximum Gasteiger partial charge on any atom is 0.335 e. The molecule has 0 aliphatic rings. The Hall–Kier alpha value is -3.06. The maximum absolute atomic E-state index is 10.8. The van der Waals surface area contributed by atoms with Crippen molar-refractivity contribution in [3.05, 3.63) is 23.8 Å². The summed E-state index contributed by atoms with van der Waals surface area (Å²) in [6.45, 7) is 0. The van der Waals surface area contributed by atoms with E-state index in [1.165, 1.54) is 25.3 Å². The Kier molecular flexibility index (Phi) is 4.24. The molecule has 0 heterocycles. The Labute approximate surface area is 103 Å². The largest absolute Gasteiger partial charge is 0.495 e. The zero-order valence-electron chi connectivity index (χ0n) is 9.34. The standard InChI is InChI=1S/C11H8N4O3/c1-18-10-3-2-7(11(16)17)4-9(10)15-14-8(5-12)6-13/h2-4,15H,1H3,(H,16,17). The maximum atomic E-state index is 10.8. The van der Waals surface area contributed by atoms with Gasteiger partial charge in [-0.25, -0.2) is 4.79 Å². The van der Waals surface area contributed by atoms with Gasteiger partial charge in [0.05, 0.1) is 18.4 Å². The number of hydrogen-bond acceptors (Lipinski definition) is 6. The molecule has 2 N–H and O–H groups in total. The molecule has 0 saturated carbocycles. The molecule has 1 aromatic carbocycles. The molecule has 1 rings (SSSR count). The summed E-state index contributed by atoms with van der Waals surface area (Å²) < 4.78 is 4.99. The highest BCUT2D eigenvalue weighted by Crippen LogP contribution is 2.25.